The molecule has 0 aliphatic carbocycles. The van der Waals surface area contributed by atoms with Crippen LogP contribution < -0.4 is 5.32 Å². The maximum absolute atomic E-state index is 12.5. The Balaban J connectivity index is 1.70. The van der Waals surface area contributed by atoms with Gasteiger partial charge >= 0.3 is 0 Å². The highest BCUT2D eigenvalue weighted by molar-refractivity contribution is 7.13. The number of rotatable bonds is 5. The quantitative estimate of drug-likeness (QED) is 0.493. The van der Waals surface area contributed by atoms with Crippen LogP contribution in [0.1, 0.15) is 18.4 Å². The van der Waals surface area contributed by atoms with E-state index in [1.54, 1.807) is 29.8 Å². The van der Waals surface area contributed by atoms with Crippen molar-refractivity contribution in [3.63, 3.8) is 0 Å². The molecule has 1 aliphatic heterocycles. The zero-order valence-electron chi connectivity index (χ0n) is 13.7. The van der Waals surface area contributed by atoms with E-state index in [2.05, 4.69) is 10.3 Å². The van der Waals surface area contributed by atoms with Crippen molar-refractivity contribution in [1.82, 2.24) is 9.88 Å². The number of nitro benzene ring substituents is 1. The van der Waals surface area contributed by atoms with Crippen molar-refractivity contribution < 1.29 is 14.5 Å². The number of nitro groups is 1. The van der Waals surface area contributed by atoms with E-state index in [-0.39, 0.29) is 17.5 Å². The predicted octanol–water partition coefficient (Wildman–Crippen LogP) is 2.69. The molecule has 0 bridgehead atoms. The predicted molar refractivity (Wildman–Crippen MR) is 97.6 cm³/mol. The first-order chi connectivity index (χ1) is 12.6. The summed E-state index contributed by atoms with van der Waals surface area (Å²) in [6.07, 6.45) is 5.57. The summed E-state index contributed by atoms with van der Waals surface area (Å²) >= 11 is 1.31. The largest absolute Gasteiger partial charge is 0.327 e. The summed E-state index contributed by atoms with van der Waals surface area (Å²) in [4.78, 5) is 40.9. The van der Waals surface area contributed by atoms with E-state index in [0.717, 1.165) is 6.42 Å². The van der Waals surface area contributed by atoms with Gasteiger partial charge in [-0.25, -0.2) is 4.98 Å². The number of carbonyl (C=O) groups is 2. The van der Waals surface area contributed by atoms with E-state index >= 15 is 0 Å². The van der Waals surface area contributed by atoms with Gasteiger partial charge in [-0.15, -0.1) is 11.3 Å². The van der Waals surface area contributed by atoms with Crippen molar-refractivity contribution in [2.24, 2.45) is 0 Å². The Morgan fingerprint density at radius 2 is 2.19 bits per heavy atom. The van der Waals surface area contributed by atoms with Gasteiger partial charge in [0.25, 0.3) is 5.69 Å². The third-order valence-electron chi connectivity index (χ3n) is 4.04. The van der Waals surface area contributed by atoms with Crippen LogP contribution in [0.3, 0.4) is 0 Å². The van der Waals surface area contributed by atoms with Crippen LogP contribution in [0.5, 0.6) is 0 Å². The van der Waals surface area contributed by atoms with Crippen molar-refractivity contribution in [3.05, 3.63) is 57.6 Å². The number of anilines is 1. The topological polar surface area (TPSA) is 105 Å². The molecule has 2 amide bonds. The van der Waals surface area contributed by atoms with Gasteiger partial charge in [0, 0.05) is 30.3 Å². The number of amides is 2. The number of nitrogens with one attached hydrogen (secondary N) is 1. The lowest BCUT2D eigenvalue weighted by atomic mass is 10.1. The fraction of sp³-hybridized carbons (Fsp3) is 0.235. The van der Waals surface area contributed by atoms with E-state index in [1.807, 2.05) is 0 Å². The zero-order chi connectivity index (χ0) is 18.5. The number of hydrogen-bond donors (Lipinski definition) is 1. The van der Waals surface area contributed by atoms with Crippen LogP contribution >= 0.6 is 11.3 Å². The molecule has 26 heavy (non-hydrogen) atoms. The van der Waals surface area contributed by atoms with Crippen LogP contribution in [0.4, 0.5) is 10.8 Å². The minimum Gasteiger partial charge on any atom is -0.327 e. The highest BCUT2D eigenvalue weighted by Gasteiger charge is 2.33. The van der Waals surface area contributed by atoms with E-state index in [0.29, 0.717) is 23.7 Å². The lowest BCUT2D eigenvalue weighted by molar-refractivity contribution is -0.385. The van der Waals surface area contributed by atoms with Crippen LogP contribution in [0, 0.1) is 10.1 Å². The first kappa shape index (κ1) is 17.7. The van der Waals surface area contributed by atoms with E-state index in [9.17, 15) is 19.7 Å². The summed E-state index contributed by atoms with van der Waals surface area (Å²) in [5.74, 6) is -0.621. The molecule has 1 saturated heterocycles. The molecule has 1 atom stereocenters. The molecule has 134 valence electrons. The Bertz CT molecular complexity index is 850. The molecule has 0 saturated carbocycles. The van der Waals surface area contributed by atoms with Gasteiger partial charge in [0.15, 0.2) is 5.13 Å². The standard InChI is InChI=1S/C17H16N4O4S/c22-15(8-7-12-4-1-2-5-13(12)21(24)25)20-10-3-6-14(20)16(23)19-17-18-9-11-26-17/h1-2,4-5,7-9,11,14H,3,6,10H2,(H,18,19,23). The third-order valence-corrected chi connectivity index (χ3v) is 4.73. The molecule has 1 unspecified atom stereocenters. The minimum absolute atomic E-state index is 0.0731. The van der Waals surface area contributed by atoms with Crippen LogP contribution in [0.15, 0.2) is 41.9 Å². The van der Waals surface area contributed by atoms with Gasteiger partial charge < -0.3 is 10.2 Å². The first-order valence-electron chi connectivity index (χ1n) is 7.98. The number of para-hydroxylation sites is 1. The second-order valence-electron chi connectivity index (χ2n) is 5.67. The smallest absolute Gasteiger partial charge is 0.276 e. The molecule has 2 aromatic rings. The summed E-state index contributed by atoms with van der Waals surface area (Å²) in [7, 11) is 0. The number of aromatic nitrogens is 1. The van der Waals surface area contributed by atoms with E-state index < -0.39 is 11.0 Å². The summed E-state index contributed by atoms with van der Waals surface area (Å²) in [6.45, 7) is 0.468. The maximum Gasteiger partial charge on any atom is 0.276 e. The van der Waals surface area contributed by atoms with Crippen LogP contribution in [0.2, 0.25) is 0 Å². The Kier molecular flexibility index (Phi) is 5.37. The molecule has 0 radical (unpaired) electrons. The monoisotopic (exact) mass is 372 g/mol. The van der Waals surface area contributed by atoms with Gasteiger partial charge in [0.2, 0.25) is 11.8 Å². The lowest BCUT2D eigenvalue weighted by Gasteiger charge is -2.22. The number of carbonyl (C=O) groups excluding carboxylic acids is 2. The van der Waals surface area contributed by atoms with Crippen LogP contribution in [-0.2, 0) is 9.59 Å². The second-order valence-corrected chi connectivity index (χ2v) is 6.56. The van der Waals surface area contributed by atoms with Gasteiger partial charge in [0.05, 0.1) is 10.5 Å². The first-order valence-corrected chi connectivity index (χ1v) is 8.86. The molecule has 1 aromatic heterocycles. The summed E-state index contributed by atoms with van der Waals surface area (Å²) in [6, 6.07) is 5.61. The number of benzene rings is 1. The van der Waals surface area contributed by atoms with Gasteiger partial charge in [-0.1, -0.05) is 12.1 Å². The fourth-order valence-electron chi connectivity index (χ4n) is 2.83. The summed E-state index contributed by atoms with van der Waals surface area (Å²) < 4.78 is 0. The Labute approximate surface area is 153 Å². The molecule has 0 spiro atoms. The fourth-order valence-corrected chi connectivity index (χ4v) is 3.36. The molecule has 8 nitrogen and oxygen atoms in total. The highest BCUT2D eigenvalue weighted by atomic mass is 32.1. The number of thiazole rings is 1. The Morgan fingerprint density at radius 1 is 1.38 bits per heavy atom. The molecule has 1 aliphatic rings. The van der Waals surface area contributed by atoms with Gasteiger partial charge in [-0.2, -0.15) is 0 Å². The average Bonchev–Trinajstić information content (AvgIpc) is 3.31. The molecule has 9 heteroatoms. The van der Waals surface area contributed by atoms with Gasteiger partial charge in [-0.3, -0.25) is 19.7 Å². The number of hydrogen-bond acceptors (Lipinski definition) is 6. The third kappa shape index (κ3) is 3.94. The minimum atomic E-state index is -0.568. The molecular formula is C17H16N4O4S. The number of likely N-dealkylation sites (tertiary alicyclic amines) is 1. The molecule has 3 rings (SSSR count). The van der Waals surface area contributed by atoms with Crippen LogP contribution in [-0.4, -0.2) is 39.2 Å². The maximum atomic E-state index is 12.5. The summed E-state index contributed by atoms with van der Waals surface area (Å²) in [5, 5.41) is 16.0. The van der Waals surface area contributed by atoms with E-state index in [4.69, 9.17) is 0 Å². The molecule has 1 fully saturated rings. The van der Waals surface area contributed by atoms with E-state index in [1.165, 1.54) is 34.5 Å². The van der Waals surface area contributed by atoms with Gasteiger partial charge in [-0.05, 0) is 25.0 Å². The summed E-state index contributed by atoms with van der Waals surface area (Å²) in [5.41, 5.74) is 0.268. The van der Waals surface area contributed by atoms with Crippen molar-refractivity contribution >= 4 is 40.0 Å². The van der Waals surface area contributed by atoms with Crippen molar-refractivity contribution in [3.8, 4) is 0 Å². The second kappa shape index (κ2) is 7.87. The van der Waals surface area contributed by atoms with Crippen LogP contribution in [0.25, 0.3) is 6.08 Å². The lowest BCUT2D eigenvalue weighted by Crippen LogP contribution is -2.42. The highest BCUT2D eigenvalue weighted by Crippen LogP contribution is 2.22. The van der Waals surface area contributed by atoms with Crippen molar-refractivity contribution in [2.75, 3.05) is 11.9 Å². The average molecular weight is 372 g/mol. The molecule has 1 aromatic carbocycles. The number of nitrogens with zero attached hydrogens (tertiary/aromatic N) is 3. The zero-order valence-corrected chi connectivity index (χ0v) is 14.5. The molecular weight excluding hydrogens is 356 g/mol. The Morgan fingerprint density at radius 3 is 2.92 bits per heavy atom. The molecule has 2 heterocycles. The normalized spacial score (nSPS) is 16.8. The van der Waals surface area contributed by atoms with Gasteiger partial charge in [0.1, 0.15) is 6.04 Å². The molecule has 1 N–H and O–H groups in total. The Hall–Kier alpha value is -3.07. The SMILES string of the molecule is O=C(Nc1nccs1)C1CCCN1C(=O)C=Cc1ccccc1[N+](=O)[O-]. The van der Waals surface area contributed by atoms with Crippen molar-refractivity contribution in [1.29, 1.82) is 0 Å². The van der Waals surface area contributed by atoms with Crippen molar-refractivity contribution in [2.45, 2.75) is 18.9 Å².